The molecule has 1 fully saturated rings. The number of amides is 1. The Bertz CT molecular complexity index is 463. The molecule has 0 saturated carbocycles. The fourth-order valence-electron chi connectivity index (χ4n) is 3.35. The third-order valence-corrected chi connectivity index (χ3v) is 4.78. The number of aromatic nitrogens is 1. The van der Waals surface area contributed by atoms with E-state index in [4.69, 9.17) is 0 Å². The van der Waals surface area contributed by atoms with Crippen molar-refractivity contribution < 1.29 is 4.79 Å². The quantitative estimate of drug-likeness (QED) is 0.615. The smallest absolute Gasteiger partial charge is 0.220 e. The molecule has 1 N–H and O–H groups in total. The van der Waals surface area contributed by atoms with Crippen LogP contribution in [-0.4, -0.2) is 30.0 Å². The van der Waals surface area contributed by atoms with Gasteiger partial charge in [0.1, 0.15) is 5.82 Å². The molecule has 134 valence electrons. The monoisotopic (exact) mass is 331 g/mol. The van der Waals surface area contributed by atoms with E-state index < -0.39 is 0 Å². The summed E-state index contributed by atoms with van der Waals surface area (Å²) in [5, 5.41) is 3.19. The molecule has 1 amide bonds. The van der Waals surface area contributed by atoms with Crippen molar-refractivity contribution in [1.82, 2.24) is 10.3 Å². The van der Waals surface area contributed by atoms with Crippen LogP contribution in [0.1, 0.15) is 71.1 Å². The summed E-state index contributed by atoms with van der Waals surface area (Å²) >= 11 is 0. The van der Waals surface area contributed by atoms with Crippen molar-refractivity contribution in [3.8, 4) is 0 Å². The fourth-order valence-corrected chi connectivity index (χ4v) is 3.35. The Hall–Kier alpha value is -1.58. The van der Waals surface area contributed by atoms with Gasteiger partial charge in [0.2, 0.25) is 5.91 Å². The number of hydrogen-bond donors (Lipinski definition) is 1. The predicted molar refractivity (Wildman–Crippen MR) is 100 cm³/mol. The van der Waals surface area contributed by atoms with Gasteiger partial charge in [-0.3, -0.25) is 4.79 Å². The largest absolute Gasteiger partial charge is 0.354 e. The highest BCUT2D eigenvalue weighted by Gasteiger charge is 2.24. The van der Waals surface area contributed by atoms with Gasteiger partial charge in [0.15, 0.2) is 0 Å². The van der Waals surface area contributed by atoms with E-state index in [0.29, 0.717) is 6.42 Å². The SMILES string of the molecule is CCCCCCCCCCC(=O)NC1CCN(c2ccccn2)C1. The van der Waals surface area contributed by atoms with Gasteiger partial charge in [-0.1, -0.05) is 57.9 Å². The van der Waals surface area contributed by atoms with Crippen LogP contribution in [0.2, 0.25) is 0 Å². The van der Waals surface area contributed by atoms with E-state index in [1.807, 2.05) is 24.4 Å². The number of nitrogens with zero attached hydrogens (tertiary/aromatic N) is 2. The standard InChI is InChI=1S/C20H33N3O/c1-2-3-4-5-6-7-8-9-13-20(24)22-18-14-16-23(17-18)19-12-10-11-15-21-19/h10-12,15,18H,2-9,13-14,16-17H2,1H3,(H,22,24). The molecule has 2 rings (SSSR count). The van der Waals surface area contributed by atoms with E-state index in [1.54, 1.807) is 0 Å². The normalized spacial score (nSPS) is 17.2. The fraction of sp³-hybridized carbons (Fsp3) is 0.700. The van der Waals surface area contributed by atoms with Gasteiger partial charge in [-0.25, -0.2) is 4.98 Å². The van der Waals surface area contributed by atoms with Crippen molar-refractivity contribution in [2.75, 3.05) is 18.0 Å². The van der Waals surface area contributed by atoms with E-state index in [1.165, 1.54) is 44.9 Å². The van der Waals surface area contributed by atoms with E-state index >= 15 is 0 Å². The van der Waals surface area contributed by atoms with Crippen molar-refractivity contribution in [3.63, 3.8) is 0 Å². The zero-order chi connectivity index (χ0) is 17.0. The number of pyridine rings is 1. The summed E-state index contributed by atoms with van der Waals surface area (Å²) in [6, 6.07) is 6.25. The van der Waals surface area contributed by atoms with E-state index in [-0.39, 0.29) is 11.9 Å². The lowest BCUT2D eigenvalue weighted by molar-refractivity contribution is -0.121. The van der Waals surface area contributed by atoms with Gasteiger partial charge in [-0.15, -0.1) is 0 Å². The zero-order valence-corrected chi connectivity index (χ0v) is 15.2. The van der Waals surface area contributed by atoms with Gasteiger partial charge in [-0.05, 0) is 25.0 Å². The van der Waals surface area contributed by atoms with E-state index in [2.05, 4.69) is 22.1 Å². The van der Waals surface area contributed by atoms with Crippen molar-refractivity contribution in [3.05, 3.63) is 24.4 Å². The lowest BCUT2D eigenvalue weighted by atomic mass is 10.1. The van der Waals surface area contributed by atoms with Crippen LogP contribution in [0, 0.1) is 0 Å². The molecule has 4 heteroatoms. The summed E-state index contributed by atoms with van der Waals surface area (Å²) in [6.45, 7) is 4.10. The minimum atomic E-state index is 0.217. The maximum absolute atomic E-state index is 12.1. The molecular weight excluding hydrogens is 298 g/mol. The second kappa shape index (κ2) is 11.1. The molecule has 24 heavy (non-hydrogen) atoms. The van der Waals surface area contributed by atoms with Gasteiger partial charge >= 0.3 is 0 Å². The molecule has 1 saturated heterocycles. The molecule has 1 aromatic rings. The average Bonchev–Trinajstić information content (AvgIpc) is 3.06. The van der Waals surface area contributed by atoms with Crippen molar-refractivity contribution in [2.45, 2.75) is 77.2 Å². The van der Waals surface area contributed by atoms with Gasteiger partial charge in [0.05, 0.1) is 0 Å². The van der Waals surface area contributed by atoms with Crippen molar-refractivity contribution >= 4 is 11.7 Å². The Labute approximate surface area is 147 Å². The van der Waals surface area contributed by atoms with Crippen LogP contribution in [0.5, 0.6) is 0 Å². The second-order valence-electron chi connectivity index (χ2n) is 6.91. The minimum Gasteiger partial charge on any atom is -0.354 e. The van der Waals surface area contributed by atoms with Crippen molar-refractivity contribution in [1.29, 1.82) is 0 Å². The molecule has 0 aliphatic carbocycles. The van der Waals surface area contributed by atoms with Gasteiger partial charge in [-0.2, -0.15) is 0 Å². The Morgan fingerprint density at radius 2 is 1.92 bits per heavy atom. The molecule has 0 bridgehead atoms. The summed E-state index contributed by atoms with van der Waals surface area (Å²) in [7, 11) is 0. The lowest BCUT2D eigenvalue weighted by Gasteiger charge is -2.17. The van der Waals surface area contributed by atoms with Gasteiger partial charge in [0.25, 0.3) is 0 Å². The highest BCUT2D eigenvalue weighted by atomic mass is 16.1. The van der Waals surface area contributed by atoms with Crippen LogP contribution in [0.15, 0.2) is 24.4 Å². The maximum Gasteiger partial charge on any atom is 0.220 e. The molecule has 0 spiro atoms. The predicted octanol–water partition coefficient (Wildman–Crippen LogP) is 4.31. The first kappa shape index (κ1) is 18.8. The Morgan fingerprint density at radius 3 is 2.62 bits per heavy atom. The molecule has 1 atom stereocenters. The summed E-state index contributed by atoms with van der Waals surface area (Å²) in [6.07, 6.45) is 13.7. The van der Waals surface area contributed by atoms with Crippen molar-refractivity contribution in [2.24, 2.45) is 0 Å². The second-order valence-corrected chi connectivity index (χ2v) is 6.91. The molecule has 4 nitrogen and oxygen atoms in total. The van der Waals surface area contributed by atoms with Crippen LogP contribution in [-0.2, 0) is 4.79 Å². The highest BCUT2D eigenvalue weighted by Crippen LogP contribution is 2.17. The van der Waals surface area contributed by atoms with Crippen LogP contribution in [0.3, 0.4) is 0 Å². The first-order chi connectivity index (χ1) is 11.8. The van der Waals surface area contributed by atoms with Gasteiger partial charge < -0.3 is 10.2 Å². The number of carbonyl (C=O) groups excluding carboxylic acids is 1. The topological polar surface area (TPSA) is 45.2 Å². The average molecular weight is 332 g/mol. The van der Waals surface area contributed by atoms with Crippen LogP contribution in [0.25, 0.3) is 0 Å². The Kier molecular flexibility index (Phi) is 8.64. The molecule has 1 aliphatic heterocycles. The third-order valence-electron chi connectivity index (χ3n) is 4.78. The maximum atomic E-state index is 12.1. The number of rotatable bonds is 11. The van der Waals surface area contributed by atoms with Gasteiger partial charge in [0, 0.05) is 31.7 Å². The summed E-state index contributed by atoms with van der Waals surface area (Å²) in [5.41, 5.74) is 0. The number of unbranched alkanes of at least 4 members (excludes halogenated alkanes) is 7. The lowest BCUT2D eigenvalue weighted by Crippen LogP contribution is -2.37. The van der Waals surface area contributed by atoms with E-state index in [0.717, 1.165) is 31.7 Å². The first-order valence-electron chi connectivity index (χ1n) is 9.75. The third kappa shape index (κ3) is 6.90. The minimum absolute atomic E-state index is 0.217. The van der Waals surface area contributed by atoms with Crippen LogP contribution < -0.4 is 10.2 Å². The molecule has 1 unspecified atom stereocenters. The summed E-state index contributed by atoms with van der Waals surface area (Å²) in [4.78, 5) is 18.7. The number of carbonyl (C=O) groups is 1. The Balaban J connectivity index is 1.52. The zero-order valence-electron chi connectivity index (χ0n) is 15.2. The number of hydrogen-bond acceptors (Lipinski definition) is 3. The first-order valence-corrected chi connectivity index (χ1v) is 9.75. The molecule has 1 aliphatic rings. The molecular formula is C20H33N3O. The highest BCUT2D eigenvalue weighted by molar-refractivity contribution is 5.76. The molecule has 1 aromatic heterocycles. The Morgan fingerprint density at radius 1 is 1.17 bits per heavy atom. The molecule has 0 radical (unpaired) electrons. The molecule has 0 aromatic carbocycles. The van der Waals surface area contributed by atoms with E-state index in [9.17, 15) is 4.79 Å². The number of nitrogens with one attached hydrogen (secondary N) is 1. The van der Waals surface area contributed by atoms with Crippen LogP contribution in [0.4, 0.5) is 5.82 Å². The van der Waals surface area contributed by atoms with Crippen LogP contribution >= 0.6 is 0 Å². The molecule has 2 heterocycles. The number of anilines is 1. The summed E-state index contributed by atoms with van der Waals surface area (Å²) in [5.74, 6) is 1.23. The summed E-state index contributed by atoms with van der Waals surface area (Å²) < 4.78 is 0.